The number of guanidine groups is 1. The van der Waals surface area contributed by atoms with Gasteiger partial charge in [0.2, 0.25) is 5.91 Å². The van der Waals surface area contributed by atoms with Gasteiger partial charge < -0.3 is 15.5 Å². The van der Waals surface area contributed by atoms with E-state index in [1.165, 1.54) is 12.8 Å². The van der Waals surface area contributed by atoms with E-state index in [2.05, 4.69) is 15.6 Å². The Kier molecular flexibility index (Phi) is 4.89. The zero-order chi connectivity index (χ0) is 14.6. The number of amides is 1. The maximum Gasteiger partial charge on any atom is 0.230 e. The second-order valence-corrected chi connectivity index (χ2v) is 6.44. The van der Waals surface area contributed by atoms with E-state index in [1.54, 1.807) is 11.9 Å². The van der Waals surface area contributed by atoms with Crippen LogP contribution in [-0.2, 0) is 4.79 Å². The third kappa shape index (κ3) is 3.64. The van der Waals surface area contributed by atoms with E-state index in [9.17, 15) is 4.79 Å². The number of nitrogens with zero attached hydrogens (tertiary/aromatic N) is 2. The van der Waals surface area contributed by atoms with Gasteiger partial charge in [0.05, 0.1) is 5.41 Å². The van der Waals surface area contributed by atoms with Gasteiger partial charge in [-0.2, -0.15) is 0 Å². The minimum atomic E-state index is -0.235. The van der Waals surface area contributed by atoms with Crippen LogP contribution in [0.5, 0.6) is 0 Å². The number of aliphatic imine (C=N–C) groups is 1. The average molecular weight is 280 g/mol. The van der Waals surface area contributed by atoms with Crippen LogP contribution >= 0.6 is 0 Å². The van der Waals surface area contributed by atoms with Crippen molar-refractivity contribution in [1.29, 1.82) is 0 Å². The van der Waals surface area contributed by atoms with Crippen molar-refractivity contribution in [3.05, 3.63) is 0 Å². The lowest BCUT2D eigenvalue weighted by Crippen LogP contribution is -2.49. The molecule has 0 aromatic carbocycles. The van der Waals surface area contributed by atoms with Gasteiger partial charge in [-0.3, -0.25) is 9.79 Å². The number of nitrogens with one attached hydrogen (secondary N) is 2. The number of rotatable bonds is 5. The molecule has 0 unspecified atom stereocenters. The van der Waals surface area contributed by atoms with E-state index < -0.39 is 0 Å². The average Bonchev–Trinajstić information content (AvgIpc) is 3.14. The third-order valence-corrected chi connectivity index (χ3v) is 4.49. The van der Waals surface area contributed by atoms with Gasteiger partial charge in [-0.05, 0) is 31.6 Å². The van der Waals surface area contributed by atoms with Gasteiger partial charge in [0.25, 0.3) is 0 Å². The first kappa shape index (κ1) is 15.1. The molecule has 5 heteroatoms. The zero-order valence-corrected chi connectivity index (χ0v) is 13.0. The molecule has 0 atom stereocenters. The molecule has 0 radical (unpaired) electrons. The number of carbonyl (C=O) groups excluding carboxylic acids is 1. The Hall–Kier alpha value is -1.26. The summed E-state index contributed by atoms with van der Waals surface area (Å²) in [5, 5.41) is 6.72. The number of hydrogen-bond donors (Lipinski definition) is 2. The van der Waals surface area contributed by atoms with Crippen LogP contribution in [0, 0.1) is 11.3 Å². The Morgan fingerprint density at radius 3 is 2.40 bits per heavy atom. The number of hydrogen-bond acceptors (Lipinski definition) is 2. The second-order valence-electron chi connectivity index (χ2n) is 6.44. The zero-order valence-electron chi connectivity index (χ0n) is 13.0. The molecule has 2 rings (SSSR count). The molecule has 0 aromatic rings. The molecule has 0 bridgehead atoms. The lowest BCUT2D eigenvalue weighted by molar-refractivity contribution is -0.138. The molecule has 2 aliphatic rings. The van der Waals surface area contributed by atoms with Crippen molar-refractivity contribution in [2.75, 3.05) is 34.2 Å². The molecule has 0 heterocycles. The van der Waals surface area contributed by atoms with Crippen molar-refractivity contribution < 1.29 is 4.79 Å². The standard InChI is InChI=1S/C15H28N4O/c1-16-14(17-10-12-6-7-12)18-11-15(8-4-5-9-15)13(20)19(2)3/h12H,4-11H2,1-3H3,(H2,16,17,18). The maximum absolute atomic E-state index is 12.5. The summed E-state index contributed by atoms with van der Waals surface area (Å²) in [5.41, 5.74) is -0.235. The van der Waals surface area contributed by atoms with Crippen molar-refractivity contribution >= 4 is 11.9 Å². The molecule has 5 nitrogen and oxygen atoms in total. The molecule has 2 fully saturated rings. The van der Waals surface area contributed by atoms with Crippen LogP contribution in [0.1, 0.15) is 38.5 Å². The largest absolute Gasteiger partial charge is 0.356 e. The van der Waals surface area contributed by atoms with Crippen LogP contribution in [0.4, 0.5) is 0 Å². The highest BCUT2D eigenvalue weighted by Gasteiger charge is 2.42. The first-order valence-corrected chi connectivity index (χ1v) is 7.74. The highest BCUT2D eigenvalue weighted by molar-refractivity contribution is 5.85. The molecule has 2 saturated carbocycles. The smallest absolute Gasteiger partial charge is 0.230 e. The first-order valence-electron chi connectivity index (χ1n) is 7.74. The van der Waals surface area contributed by atoms with Gasteiger partial charge in [0.1, 0.15) is 0 Å². The predicted molar refractivity (Wildman–Crippen MR) is 81.7 cm³/mol. The summed E-state index contributed by atoms with van der Waals surface area (Å²) in [5.74, 6) is 1.90. The normalized spacial score (nSPS) is 21.6. The molecule has 2 N–H and O–H groups in total. The highest BCUT2D eigenvalue weighted by atomic mass is 16.2. The highest BCUT2D eigenvalue weighted by Crippen LogP contribution is 2.38. The third-order valence-electron chi connectivity index (χ3n) is 4.49. The molecule has 2 aliphatic carbocycles. The summed E-state index contributed by atoms with van der Waals surface area (Å²) in [6.45, 7) is 1.68. The van der Waals surface area contributed by atoms with E-state index in [-0.39, 0.29) is 11.3 Å². The fraction of sp³-hybridized carbons (Fsp3) is 0.867. The van der Waals surface area contributed by atoms with Crippen molar-refractivity contribution in [3.63, 3.8) is 0 Å². The molecule has 0 aromatic heterocycles. The predicted octanol–water partition coefficient (Wildman–Crippen LogP) is 1.21. The van der Waals surface area contributed by atoms with Crippen molar-refractivity contribution in [2.24, 2.45) is 16.3 Å². The van der Waals surface area contributed by atoms with Gasteiger partial charge in [0.15, 0.2) is 5.96 Å². The summed E-state index contributed by atoms with van der Waals surface area (Å²) >= 11 is 0. The fourth-order valence-corrected chi connectivity index (χ4v) is 3.03. The minimum absolute atomic E-state index is 0.235. The van der Waals surface area contributed by atoms with Gasteiger partial charge in [0, 0.05) is 34.2 Å². The van der Waals surface area contributed by atoms with Crippen molar-refractivity contribution in [3.8, 4) is 0 Å². The lowest BCUT2D eigenvalue weighted by atomic mass is 9.84. The van der Waals surface area contributed by atoms with E-state index in [0.717, 1.165) is 44.1 Å². The minimum Gasteiger partial charge on any atom is -0.356 e. The molecule has 1 amide bonds. The summed E-state index contributed by atoms with van der Waals surface area (Å²) in [4.78, 5) is 18.5. The lowest BCUT2D eigenvalue weighted by Gasteiger charge is -2.31. The molecule has 0 saturated heterocycles. The van der Waals surface area contributed by atoms with Gasteiger partial charge in [-0.15, -0.1) is 0 Å². The number of carbonyl (C=O) groups is 1. The molecular formula is C15H28N4O. The van der Waals surface area contributed by atoms with E-state index in [4.69, 9.17) is 0 Å². The van der Waals surface area contributed by atoms with E-state index >= 15 is 0 Å². The molecule has 0 aliphatic heterocycles. The van der Waals surface area contributed by atoms with Crippen LogP contribution in [0.15, 0.2) is 4.99 Å². The summed E-state index contributed by atoms with van der Waals surface area (Å²) in [6, 6.07) is 0. The summed E-state index contributed by atoms with van der Waals surface area (Å²) < 4.78 is 0. The Bertz CT molecular complexity index is 368. The van der Waals surface area contributed by atoms with Gasteiger partial charge in [-0.1, -0.05) is 12.8 Å². The molecule has 114 valence electrons. The van der Waals surface area contributed by atoms with Crippen LogP contribution in [0.25, 0.3) is 0 Å². The van der Waals surface area contributed by atoms with Gasteiger partial charge in [-0.25, -0.2) is 0 Å². The molecule has 0 spiro atoms. The molecular weight excluding hydrogens is 252 g/mol. The van der Waals surface area contributed by atoms with E-state index in [0.29, 0.717) is 6.54 Å². The monoisotopic (exact) mass is 280 g/mol. The quantitative estimate of drug-likeness (QED) is 0.588. The SMILES string of the molecule is CN=C(NCC1CC1)NCC1(C(=O)N(C)C)CCCC1. The van der Waals surface area contributed by atoms with Crippen molar-refractivity contribution in [1.82, 2.24) is 15.5 Å². The second kappa shape index (κ2) is 6.46. The van der Waals surface area contributed by atoms with E-state index in [1.807, 2.05) is 14.1 Å². The topological polar surface area (TPSA) is 56.7 Å². The first-order chi connectivity index (χ1) is 9.57. The van der Waals surface area contributed by atoms with Crippen molar-refractivity contribution in [2.45, 2.75) is 38.5 Å². The summed E-state index contributed by atoms with van der Waals surface area (Å²) in [6.07, 6.45) is 6.91. The fourth-order valence-electron chi connectivity index (χ4n) is 3.03. The van der Waals surface area contributed by atoms with Crippen LogP contribution in [0.3, 0.4) is 0 Å². The Balaban J connectivity index is 1.88. The van der Waals surface area contributed by atoms with Gasteiger partial charge >= 0.3 is 0 Å². The Labute approximate surface area is 122 Å². The Morgan fingerprint density at radius 1 is 1.25 bits per heavy atom. The van der Waals surface area contributed by atoms with Crippen LogP contribution < -0.4 is 10.6 Å². The van der Waals surface area contributed by atoms with Crippen LogP contribution in [0.2, 0.25) is 0 Å². The van der Waals surface area contributed by atoms with Crippen LogP contribution in [-0.4, -0.2) is 51.0 Å². The summed E-state index contributed by atoms with van der Waals surface area (Å²) in [7, 11) is 5.49. The molecule has 20 heavy (non-hydrogen) atoms. The Morgan fingerprint density at radius 2 is 1.90 bits per heavy atom. The maximum atomic E-state index is 12.5.